The summed E-state index contributed by atoms with van der Waals surface area (Å²) in [6.07, 6.45) is 0. The predicted molar refractivity (Wildman–Crippen MR) is 95.4 cm³/mol. The van der Waals surface area contributed by atoms with Crippen LogP contribution in [-0.4, -0.2) is 18.9 Å². The second-order valence-electron chi connectivity index (χ2n) is 8.01. The van der Waals surface area contributed by atoms with Crippen molar-refractivity contribution in [1.82, 2.24) is 0 Å². The van der Waals surface area contributed by atoms with Crippen LogP contribution in [0, 0.1) is 5.41 Å². The van der Waals surface area contributed by atoms with Crippen LogP contribution >= 0.6 is 0 Å². The van der Waals surface area contributed by atoms with Crippen molar-refractivity contribution in [3.8, 4) is 5.75 Å². The first-order valence-corrected chi connectivity index (χ1v) is 8.87. The highest BCUT2D eigenvalue weighted by Crippen LogP contribution is 2.73. The van der Waals surface area contributed by atoms with Crippen molar-refractivity contribution in [1.29, 1.82) is 0 Å². The lowest BCUT2D eigenvalue weighted by atomic mass is 9.44. The van der Waals surface area contributed by atoms with Gasteiger partial charge in [-0.15, -0.1) is 0 Å². The smallest absolute Gasteiger partial charge is 0.315 e. The Bertz CT molecular complexity index is 1010. The highest BCUT2D eigenvalue weighted by Gasteiger charge is 2.78. The molecule has 6 rings (SSSR count). The molecule has 26 heavy (non-hydrogen) atoms. The van der Waals surface area contributed by atoms with Crippen molar-refractivity contribution in [3.05, 3.63) is 64.7 Å². The summed E-state index contributed by atoms with van der Waals surface area (Å²) in [4.78, 5) is 26.7. The maximum Gasteiger partial charge on any atom is 0.315 e. The molecular formula is C22H20O4. The molecule has 1 saturated heterocycles. The Kier molecular flexibility index (Phi) is 2.63. The van der Waals surface area contributed by atoms with Gasteiger partial charge in [-0.05, 0) is 25.5 Å². The Labute approximate surface area is 152 Å². The van der Waals surface area contributed by atoms with Gasteiger partial charge in [0, 0.05) is 22.1 Å². The number of rotatable bonds is 1. The lowest BCUT2D eigenvalue weighted by Gasteiger charge is -2.62. The molecule has 0 aromatic heterocycles. The van der Waals surface area contributed by atoms with E-state index >= 15 is 0 Å². The molecule has 4 aliphatic rings. The Morgan fingerprint density at radius 3 is 2.46 bits per heavy atom. The summed E-state index contributed by atoms with van der Waals surface area (Å²) in [5.74, 6) is -0.128. The van der Waals surface area contributed by atoms with Crippen molar-refractivity contribution < 1.29 is 19.1 Å². The maximum atomic E-state index is 13.7. The van der Waals surface area contributed by atoms with Gasteiger partial charge in [-0.2, -0.15) is 0 Å². The largest absolute Gasteiger partial charge is 0.496 e. The third-order valence-electron chi connectivity index (χ3n) is 7.36. The summed E-state index contributed by atoms with van der Waals surface area (Å²) >= 11 is 0. The number of carbonyl (C=O) groups excluding carboxylic acids is 2. The summed E-state index contributed by atoms with van der Waals surface area (Å²) in [5.41, 5.74) is 0.705. The summed E-state index contributed by atoms with van der Waals surface area (Å²) in [5, 5.41) is 0. The average Bonchev–Trinajstić information content (AvgIpc) is 2.82. The molecule has 2 aliphatic heterocycles. The fraction of sp³-hybridized carbons (Fsp3) is 0.364. The van der Waals surface area contributed by atoms with Crippen molar-refractivity contribution in [2.45, 2.75) is 37.7 Å². The standard InChI is InChI=1S/C22H20O4/c1-20-16-13(9-7-11-15(16)25-4)18(23)21(20,2)22(3)14-10-6-5-8-12(14)17(20)19(24)26-22/h5-11,17H,1-4H3/t17-,20+,21-,22+/m0/s1. The Balaban J connectivity index is 1.97. The zero-order valence-corrected chi connectivity index (χ0v) is 15.3. The van der Waals surface area contributed by atoms with Crippen LogP contribution in [0.25, 0.3) is 0 Å². The Morgan fingerprint density at radius 2 is 1.73 bits per heavy atom. The number of ether oxygens (including phenoxy) is 2. The molecule has 4 heteroatoms. The molecule has 0 unspecified atom stereocenters. The summed E-state index contributed by atoms with van der Waals surface area (Å²) in [6, 6.07) is 13.4. The third kappa shape index (κ3) is 1.28. The molecule has 132 valence electrons. The minimum Gasteiger partial charge on any atom is -0.496 e. The van der Waals surface area contributed by atoms with Gasteiger partial charge in [0.25, 0.3) is 0 Å². The number of Topliss-reactive ketones (excluding diaryl/α,β-unsaturated/α-hetero) is 1. The quantitative estimate of drug-likeness (QED) is 0.737. The van der Waals surface area contributed by atoms with Crippen LogP contribution in [0.3, 0.4) is 0 Å². The minimum atomic E-state index is -1.02. The number of methoxy groups -OCH3 is 1. The molecule has 4 atom stereocenters. The molecule has 2 bridgehead atoms. The van der Waals surface area contributed by atoms with Crippen molar-refractivity contribution in [2.75, 3.05) is 7.11 Å². The molecule has 0 amide bonds. The Morgan fingerprint density at radius 1 is 1.00 bits per heavy atom. The molecule has 2 aromatic carbocycles. The van der Waals surface area contributed by atoms with E-state index in [9.17, 15) is 9.59 Å². The summed E-state index contributed by atoms with van der Waals surface area (Å²) in [7, 11) is 1.61. The van der Waals surface area contributed by atoms with Crippen molar-refractivity contribution >= 4 is 11.8 Å². The molecule has 0 spiro atoms. The minimum absolute atomic E-state index is 0.0170. The average molecular weight is 348 g/mol. The fourth-order valence-electron chi connectivity index (χ4n) is 5.87. The van der Waals surface area contributed by atoms with E-state index < -0.39 is 22.3 Å². The highest BCUT2D eigenvalue weighted by atomic mass is 16.6. The van der Waals surface area contributed by atoms with Gasteiger partial charge in [-0.25, -0.2) is 0 Å². The molecular weight excluding hydrogens is 328 g/mol. The maximum absolute atomic E-state index is 13.7. The van der Waals surface area contributed by atoms with Crippen LogP contribution in [0.1, 0.15) is 53.7 Å². The van der Waals surface area contributed by atoms with E-state index in [0.717, 1.165) is 16.7 Å². The zero-order valence-electron chi connectivity index (χ0n) is 15.3. The van der Waals surface area contributed by atoms with E-state index in [2.05, 4.69) is 0 Å². The summed E-state index contributed by atoms with van der Waals surface area (Å²) in [6.45, 7) is 5.86. The first-order valence-electron chi connectivity index (χ1n) is 8.87. The number of hydrogen-bond acceptors (Lipinski definition) is 4. The highest BCUT2D eigenvalue weighted by molar-refractivity contribution is 6.11. The van der Waals surface area contributed by atoms with E-state index in [1.165, 1.54) is 0 Å². The molecule has 0 radical (unpaired) electrons. The van der Waals surface area contributed by atoms with E-state index in [0.29, 0.717) is 11.3 Å². The molecule has 4 nitrogen and oxygen atoms in total. The van der Waals surface area contributed by atoms with Gasteiger partial charge < -0.3 is 9.47 Å². The number of esters is 1. The third-order valence-corrected chi connectivity index (χ3v) is 7.36. The fourth-order valence-corrected chi connectivity index (χ4v) is 5.87. The van der Waals surface area contributed by atoms with Crippen LogP contribution in [-0.2, 0) is 20.5 Å². The summed E-state index contributed by atoms with van der Waals surface area (Å²) < 4.78 is 11.6. The number of benzene rings is 2. The van der Waals surface area contributed by atoms with Crippen molar-refractivity contribution in [3.63, 3.8) is 0 Å². The lowest BCUT2D eigenvalue weighted by Crippen LogP contribution is -2.68. The lowest BCUT2D eigenvalue weighted by molar-refractivity contribution is -0.207. The van der Waals surface area contributed by atoms with Crippen molar-refractivity contribution in [2.24, 2.45) is 5.41 Å². The number of carbonyl (C=O) groups is 2. The van der Waals surface area contributed by atoms with Crippen LogP contribution in [0.4, 0.5) is 0 Å². The first-order chi connectivity index (χ1) is 12.3. The molecule has 2 aromatic rings. The van der Waals surface area contributed by atoms with E-state index in [-0.39, 0.29) is 11.8 Å². The van der Waals surface area contributed by atoms with E-state index in [1.54, 1.807) is 7.11 Å². The van der Waals surface area contributed by atoms with Gasteiger partial charge in [0.1, 0.15) is 11.4 Å². The van der Waals surface area contributed by atoms with E-state index in [1.807, 2.05) is 63.2 Å². The SMILES string of the molecule is COc1cccc2c1[C@]1(C)[C@@H]3C(=O)O[C@](C)(c4ccccc43)[C@@]1(C)C2=O. The van der Waals surface area contributed by atoms with Gasteiger partial charge in [0.05, 0.1) is 18.4 Å². The predicted octanol–water partition coefficient (Wildman–Crippen LogP) is 3.72. The first kappa shape index (κ1) is 15.6. The van der Waals surface area contributed by atoms with Gasteiger partial charge in [-0.3, -0.25) is 9.59 Å². The zero-order chi connectivity index (χ0) is 18.5. The van der Waals surface area contributed by atoms with Crippen LogP contribution in [0.5, 0.6) is 5.75 Å². The monoisotopic (exact) mass is 348 g/mol. The molecule has 2 aliphatic carbocycles. The van der Waals surface area contributed by atoms with Gasteiger partial charge in [0.15, 0.2) is 5.78 Å². The number of ketones is 1. The second kappa shape index (κ2) is 4.37. The van der Waals surface area contributed by atoms with Crippen LogP contribution in [0.15, 0.2) is 42.5 Å². The molecule has 2 heterocycles. The Hall–Kier alpha value is -2.62. The second-order valence-corrected chi connectivity index (χ2v) is 8.01. The van der Waals surface area contributed by atoms with Gasteiger partial charge in [0.2, 0.25) is 0 Å². The molecule has 1 fully saturated rings. The molecule has 0 N–H and O–H groups in total. The topological polar surface area (TPSA) is 52.6 Å². The van der Waals surface area contributed by atoms with Gasteiger partial charge >= 0.3 is 5.97 Å². The van der Waals surface area contributed by atoms with Gasteiger partial charge in [-0.1, -0.05) is 43.3 Å². The normalized spacial score (nSPS) is 36.2. The molecule has 0 saturated carbocycles. The number of fused-ring (bicyclic) bond motifs is 2. The van der Waals surface area contributed by atoms with Crippen LogP contribution in [0.2, 0.25) is 0 Å². The van der Waals surface area contributed by atoms with E-state index in [4.69, 9.17) is 9.47 Å². The van der Waals surface area contributed by atoms with Crippen LogP contribution < -0.4 is 4.74 Å². The number of hydrogen-bond donors (Lipinski definition) is 0.